The number of non-ortho nitro benzene ring substituents is 1. The summed E-state index contributed by atoms with van der Waals surface area (Å²) >= 11 is 0. The molecule has 0 saturated heterocycles. The van der Waals surface area contributed by atoms with Crippen molar-refractivity contribution in [3.63, 3.8) is 0 Å². The highest BCUT2D eigenvalue weighted by Crippen LogP contribution is 2.26. The standard InChI is InChI=1S/C12H9NO4/c14-10-4-6-11(7-5-10)17-12-3-1-2-9(8-12)13(15)16/h1-8,14H. The molecular formula is C12H9NO4. The van der Waals surface area contributed by atoms with Gasteiger partial charge in [-0.05, 0) is 30.3 Å². The Morgan fingerprint density at radius 3 is 2.41 bits per heavy atom. The van der Waals surface area contributed by atoms with E-state index in [4.69, 9.17) is 9.84 Å². The molecule has 0 heterocycles. The van der Waals surface area contributed by atoms with Gasteiger partial charge in [-0.15, -0.1) is 0 Å². The zero-order valence-corrected chi connectivity index (χ0v) is 8.74. The fourth-order valence-corrected chi connectivity index (χ4v) is 1.31. The monoisotopic (exact) mass is 231 g/mol. The van der Waals surface area contributed by atoms with Gasteiger partial charge in [-0.3, -0.25) is 10.1 Å². The van der Waals surface area contributed by atoms with Crippen molar-refractivity contribution in [3.05, 3.63) is 58.6 Å². The fraction of sp³-hybridized carbons (Fsp3) is 0. The highest BCUT2D eigenvalue weighted by Gasteiger charge is 2.06. The summed E-state index contributed by atoms with van der Waals surface area (Å²) in [6.45, 7) is 0. The summed E-state index contributed by atoms with van der Waals surface area (Å²) in [4.78, 5) is 10.1. The number of benzene rings is 2. The lowest BCUT2D eigenvalue weighted by atomic mass is 10.3. The molecule has 0 unspecified atom stereocenters. The second-order valence-corrected chi connectivity index (χ2v) is 3.35. The molecule has 0 aliphatic carbocycles. The van der Waals surface area contributed by atoms with E-state index in [-0.39, 0.29) is 11.4 Å². The third-order valence-corrected chi connectivity index (χ3v) is 2.10. The Bertz CT molecular complexity index is 536. The van der Waals surface area contributed by atoms with Crippen LogP contribution in [-0.2, 0) is 0 Å². The Morgan fingerprint density at radius 1 is 1.06 bits per heavy atom. The molecule has 0 radical (unpaired) electrons. The number of hydrogen-bond acceptors (Lipinski definition) is 4. The molecule has 2 aromatic carbocycles. The van der Waals surface area contributed by atoms with Gasteiger partial charge in [-0.25, -0.2) is 0 Å². The van der Waals surface area contributed by atoms with Gasteiger partial charge in [-0.1, -0.05) is 6.07 Å². The quantitative estimate of drug-likeness (QED) is 0.650. The van der Waals surface area contributed by atoms with E-state index in [0.29, 0.717) is 11.5 Å². The van der Waals surface area contributed by atoms with E-state index in [1.165, 1.54) is 24.3 Å². The maximum Gasteiger partial charge on any atom is 0.273 e. The molecule has 86 valence electrons. The lowest BCUT2D eigenvalue weighted by molar-refractivity contribution is -0.384. The van der Waals surface area contributed by atoms with Gasteiger partial charge >= 0.3 is 0 Å². The van der Waals surface area contributed by atoms with Crippen molar-refractivity contribution >= 4 is 5.69 Å². The molecule has 17 heavy (non-hydrogen) atoms. The molecule has 2 rings (SSSR count). The van der Waals surface area contributed by atoms with Gasteiger partial charge < -0.3 is 9.84 Å². The van der Waals surface area contributed by atoms with Crippen molar-refractivity contribution < 1.29 is 14.8 Å². The molecule has 5 heteroatoms. The molecule has 2 aromatic rings. The predicted molar refractivity (Wildman–Crippen MR) is 61.3 cm³/mol. The van der Waals surface area contributed by atoms with E-state index in [1.54, 1.807) is 24.3 Å². The van der Waals surface area contributed by atoms with E-state index < -0.39 is 4.92 Å². The summed E-state index contributed by atoms with van der Waals surface area (Å²) in [7, 11) is 0. The highest BCUT2D eigenvalue weighted by atomic mass is 16.6. The third kappa shape index (κ3) is 2.72. The Morgan fingerprint density at radius 2 is 1.76 bits per heavy atom. The predicted octanol–water partition coefficient (Wildman–Crippen LogP) is 3.09. The second kappa shape index (κ2) is 4.52. The smallest absolute Gasteiger partial charge is 0.273 e. The second-order valence-electron chi connectivity index (χ2n) is 3.35. The van der Waals surface area contributed by atoms with Crippen LogP contribution in [-0.4, -0.2) is 10.0 Å². The molecule has 0 saturated carbocycles. The summed E-state index contributed by atoms with van der Waals surface area (Å²) < 4.78 is 5.41. The number of nitro benzene ring substituents is 1. The summed E-state index contributed by atoms with van der Waals surface area (Å²) in [6, 6.07) is 12.0. The molecule has 5 nitrogen and oxygen atoms in total. The van der Waals surface area contributed by atoms with E-state index in [1.807, 2.05) is 0 Å². The molecule has 0 spiro atoms. The molecule has 0 aliphatic heterocycles. The minimum absolute atomic E-state index is 0.0266. The first-order valence-electron chi connectivity index (χ1n) is 4.86. The topological polar surface area (TPSA) is 72.6 Å². The van der Waals surface area contributed by atoms with E-state index in [2.05, 4.69) is 0 Å². The Kier molecular flexibility index (Phi) is 2.91. The summed E-state index contributed by atoms with van der Waals surface area (Å²) in [5.74, 6) is 1.02. The van der Waals surface area contributed by atoms with Crippen LogP contribution in [0.3, 0.4) is 0 Å². The van der Waals surface area contributed by atoms with Crippen LogP contribution in [0.25, 0.3) is 0 Å². The van der Waals surface area contributed by atoms with Crippen LogP contribution in [0.2, 0.25) is 0 Å². The molecule has 1 N–H and O–H groups in total. The lowest BCUT2D eigenvalue weighted by Crippen LogP contribution is -1.89. The Balaban J connectivity index is 2.21. The normalized spacial score (nSPS) is 9.88. The first-order valence-corrected chi connectivity index (χ1v) is 4.86. The molecule has 0 amide bonds. The average molecular weight is 231 g/mol. The number of ether oxygens (including phenoxy) is 1. The van der Waals surface area contributed by atoms with Crippen molar-refractivity contribution in [3.8, 4) is 17.2 Å². The van der Waals surface area contributed by atoms with Gasteiger partial charge in [0.15, 0.2) is 0 Å². The first-order chi connectivity index (χ1) is 8.15. The SMILES string of the molecule is O=[N+]([O-])c1cccc(Oc2ccc(O)cc2)c1. The van der Waals surface area contributed by atoms with Gasteiger partial charge in [0.25, 0.3) is 5.69 Å². The molecule has 0 aliphatic rings. The summed E-state index contributed by atoms with van der Waals surface area (Å²) in [5.41, 5.74) is -0.0266. The fourth-order valence-electron chi connectivity index (χ4n) is 1.31. The van der Waals surface area contributed by atoms with Crippen LogP contribution in [0, 0.1) is 10.1 Å². The van der Waals surface area contributed by atoms with Crippen LogP contribution in [0.4, 0.5) is 5.69 Å². The number of nitro groups is 1. The molecule has 0 bridgehead atoms. The zero-order chi connectivity index (χ0) is 12.3. The third-order valence-electron chi connectivity index (χ3n) is 2.10. The number of phenolic OH excluding ortho intramolecular Hbond substituents is 1. The van der Waals surface area contributed by atoms with Crippen molar-refractivity contribution in [1.29, 1.82) is 0 Å². The molecule has 0 aromatic heterocycles. The Labute approximate surface area is 97.0 Å². The average Bonchev–Trinajstić information content (AvgIpc) is 2.32. The maximum atomic E-state index is 10.6. The maximum absolute atomic E-state index is 10.6. The number of nitrogens with zero attached hydrogens (tertiary/aromatic N) is 1. The van der Waals surface area contributed by atoms with E-state index in [0.717, 1.165) is 0 Å². The Hall–Kier alpha value is -2.56. The number of phenols is 1. The highest BCUT2D eigenvalue weighted by molar-refractivity contribution is 5.41. The van der Waals surface area contributed by atoms with E-state index in [9.17, 15) is 10.1 Å². The van der Waals surface area contributed by atoms with Gasteiger partial charge in [0.1, 0.15) is 17.2 Å². The lowest BCUT2D eigenvalue weighted by Gasteiger charge is -2.05. The molecule has 0 atom stereocenters. The van der Waals surface area contributed by atoms with Crippen LogP contribution in [0.15, 0.2) is 48.5 Å². The first kappa shape index (κ1) is 10.9. The van der Waals surface area contributed by atoms with Crippen molar-refractivity contribution in [1.82, 2.24) is 0 Å². The number of hydrogen-bond donors (Lipinski definition) is 1. The van der Waals surface area contributed by atoms with Crippen LogP contribution >= 0.6 is 0 Å². The van der Waals surface area contributed by atoms with Crippen molar-refractivity contribution in [2.24, 2.45) is 0 Å². The minimum Gasteiger partial charge on any atom is -0.508 e. The molecular weight excluding hydrogens is 222 g/mol. The van der Waals surface area contributed by atoms with Gasteiger partial charge in [0.05, 0.1) is 11.0 Å². The van der Waals surface area contributed by atoms with Crippen LogP contribution < -0.4 is 4.74 Å². The van der Waals surface area contributed by atoms with Gasteiger partial charge in [0, 0.05) is 6.07 Å². The van der Waals surface area contributed by atoms with Crippen molar-refractivity contribution in [2.45, 2.75) is 0 Å². The number of rotatable bonds is 3. The van der Waals surface area contributed by atoms with E-state index >= 15 is 0 Å². The van der Waals surface area contributed by atoms with Crippen LogP contribution in [0.1, 0.15) is 0 Å². The summed E-state index contributed by atoms with van der Waals surface area (Å²) in [5, 5.41) is 19.7. The van der Waals surface area contributed by atoms with Crippen LogP contribution in [0.5, 0.6) is 17.2 Å². The zero-order valence-electron chi connectivity index (χ0n) is 8.74. The van der Waals surface area contributed by atoms with Crippen molar-refractivity contribution in [2.75, 3.05) is 0 Å². The van der Waals surface area contributed by atoms with Gasteiger partial charge in [-0.2, -0.15) is 0 Å². The van der Waals surface area contributed by atoms with Gasteiger partial charge in [0.2, 0.25) is 0 Å². The molecule has 0 fully saturated rings. The summed E-state index contributed by atoms with van der Waals surface area (Å²) in [6.07, 6.45) is 0. The number of aromatic hydroxyl groups is 1. The largest absolute Gasteiger partial charge is 0.508 e. The minimum atomic E-state index is -0.482.